The predicted molar refractivity (Wildman–Crippen MR) is 122 cm³/mol. The van der Waals surface area contributed by atoms with Crippen LogP contribution in [0.2, 0.25) is 0 Å². The molecule has 33 heavy (non-hydrogen) atoms. The van der Waals surface area contributed by atoms with Crippen molar-refractivity contribution in [1.82, 2.24) is 0 Å². The first kappa shape index (κ1) is 22.3. The van der Waals surface area contributed by atoms with Gasteiger partial charge < -0.3 is 9.84 Å². The Hall–Kier alpha value is -3.91. The van der Waals surface area contributed by atoms with E-state index in [1.807, 2.05) is 6.92 Å². The van der Waals surface area contributed by atoms with Crippen LogP contribution in [-0.2, 0) is 19.4 Å². The summed E-state index contributed by atoms with van der Waals surface area (Å²) in [6.07, 6.45) is 0. The fourth-order valence-electron chi connectivity index (χ4n) is 3.78. The summed E-state index contributed by atoms with van der Waals surface area (Å²) < 4.78 is 31.8. The molecule has 1 amide bonds. The Morgan fingerprint density at radius 3 is 2.12 bits per heavy atom. The standard InChI is InChI=1S/C25H21NO6S/c1-16-8-14-19(15-9-16)26-21(17-10-12-18(13-11-17)25(29)32-2)23(22(27)24(26)28)33(30,31)20-6-4-3-5-7-20/h3-15,21,27H,1-2H3/t21-/m1/s1. The highest BCUT2D eigenvalue weighted by molar-refractivity contribution is 7.95. The third-order valence-corrected chi connectivity index (χ3v) is 7.35. The number of ether oxygens (including phenoxy) is 1. The van der Waals surface area contributed by atoms with Crippen LogP contribution in [-0.4, -0.2) is 32.5 Å². The summed E-state index contributed by atoms with van der Waals surface area (Å²) in [4.78, 5) is 25.8. The third-order valence-electron chi connectivity index (χ3n) is 5.46. The molecule has 1 aliphatic rings. The van der Waals surface area contributed by atoms with Gasteiger partial charge in [-0.1, -0.05) is 48.0 Å². The van der Waals surface area contributed by atoms with Gasteiger partial charge in [-0.05, 0) is 48.9 Å². The highest BCUT2D eigenvalue weighted by Crippen LogP contribution is 2.44. The van der Waals surface area contributed by atoms with Gasteiger partial charge in [0.25, 0.3) is 5.91 Å². The van der Waals surface area contributed by atoms with E-state index >= 15 is 0 Å². The van der Waals surface area contributed by atoms with Crippen molar-refractivity contribution in [3.8, 4) is 0 Å². The van der Waals surface area contributed by atoms with Crippen LogP contribution < -0.4 is 4.90 Å². The van der Waals surface area contributed by atoms with Crippen LogP contribution in [0.4, 0.5) is 5.69 Å². The number of nitrogens with zero attached hydrogens (tertiary/aromatic N) is 1. The minimum Gasteiger partial charge on any atom is -0.502 e. The van der Waals surface area contributed by atoms with Gasteiger partial charge in [0.1, 0.15) is 10.9 Å². The quantitative estimate of drug-likeness (QED) is 0.572. The lowest BCUT2D eigenvalue weighted by Crippen LogP contribution is -2.31. The van der Waals surface area contributed by atoms with Gasteiger partial charge in [-0.2, -0.15) is 0 Å². The molecule has 0 bridgehead atoms. The molecule has 1 N–H and O–H groups in total. The zero-order chi connectivity index (χ0) is 23.8. The first-order chi connectivity index (χ1) is 15.8. The molecule has 4 rings (SSSR count). The Balaban J connectivity index is 1.91. The number of hydrogen-bond acceptors (Lipinski definition) is 6. The molecule has 0 fully saturated rings. The van der Waals surface area contributed by atoms with E-state index in [0.717, 1.165) is 5.56 Å². The highest BCUT2D eigenvalue weighted by Gasteiger charge is 2.47. The van der Waals surface area contributed by atoms with Gasteiger partial charge in [0.15, 0.2) is 5.76 Å². The van der Waals surface area contributed by atoms with Gasteiger partial charge in [-0.25, -0.2) is 13.2 Å². The van der Waals surface area contributed by atoms with Crippen molar-refractivity contribution in [2.75, 3.05) is 12.0 Å². The maximum absolute atomic E-state index is 13.6. The van der Waals surface area contributed by atoms with E-state index in [0.29, 0.717) is 11.3 Å². The molecule has 0 unspecified atom stereocenters. The van der Waals surface area contributed by atoms with Gasteiger partial charge in [0, 0.05) is 5.69 Å². The van der Waals surface area contributed by atoms with Crippen LogP contribution in [0, 0.1) is 6.92 Å². The molecule has 8 heteroatoms. The van der Waals surface area contributed by atoms with Crippen LogP contribution in [0.25, 0.3) is 0 Å². The second-order valence-corrected chi connectivity index (χ2v) is 9.47. The predicted octanol–water partition coefficient (Wildman–Crippen LogP) is 4.11. The van der Waals surface area contributed by atoms with Crippen molar-refractivity contribution in [3.63, 3.8) is 0 Å². The number of aryl methyl sites for hydroxylation is 1. The van der Waals surface area contributed by atoms with Crippen molar-refractivity contribution >= 4 is 27.4 Å². The number of aliphatic hydroxyl groups is 1. The molecule has 3 aromatic rings. The molecular weight excluding hydrogens is 442 g/mol. The third kappa shape index (κ3) is 3.89. The highest BCUT2D eigenvalue weighted by atomic mass is 32.2. The van der Waals surface area contributed by atoms with Crippen LogP contribution in [0.15, 0.2) is 94.4 Å². The summed E-state index contributed by atoms with van der Waals surface area (Å²) in [5.74, 6) is -2.20. The van der Waals surface area contributed by atoms with Crippen molar-refractivity contribution in [3.05, 3.63) is 106 Å². The summed E-state index contributed by atoms with van der Waals surface area (Å²) >= 11 is 0. The molecule has 0 radical (unpaired) electrons. The van der Waals surface area contributed by atoms with Crippen LogP contribution in [0.1, 0.15) is 27.5 Å². The number of carbonyl (C=O) groups excluding carboxylic acids is 2. The van der Waals surface area contributed by atoms with Crippen molar-refractivity contribution in [2.24, 2.45) is 0 Å². The van der Waals surface area contributed by atoms with E-state index in [2.05, 4.69) is 0 Å². The SMILES string of the molecule is COC(=O)c1ccc([C@@H]2C(S(=O)(=O)c3ccccc3)=C(O)C(=O)N2c2ccc(C)cc2)cc1. The lowest BCUT2D eigenvalue weighted by molar-refractivity contribution is -0.117. The smallest absolute Gasteiger partial charge is 0.337 e. The maximum Gasteiger partial charge on any atom is 0.337 e. The van der Waals surface area contributed by atoms with Gasteiger partial charge in [0.05, 0.1) is 17.6 Å². The van der Waals surface area contributed by atoms with Crippen molar-refractivity contribution < 1.29 is 27.9 Å². The minimum absolute atomic E-state index is 0.0405. The number of hydrogen-bond donors (Lipinski definition) is 1. The number of benzene rings is 3. The Bertz CT molecular complexity index is 1340. The lowest BCUT2D eigenvalue weighted by atomic mass is 10.0. The molecule has 0 spiro atoms. The zero-order valence-electron chi connectivity index (χ0n) is 17.9. The first-order valence-corrected chi connectivity index (χ1v) is 11.6. The number of rotatable bonds is 5. The number of anilines is 1. The van der Waals surface area contributed by atoms with E-state index in [1.54, 1.807) is 54.6 Å². The van der Waals surface area contributed by atoms with Crippen molar-refractivity contribution in [2.45, 2.75) is 17.9 Å². The van der Waals surface area contributed by atoms with Crippen LogP contribution in [0.5, 0.6) is 0 Å². The molecule has 1 heterocycles. The molecule has 7 nitrogen and oxygen atoms in total. The van der Waals surface area contributed by atoms with Crippen LogP contribution >= 0.6 is 0 Å². The fraction of sp³-hybridized carbons (Fsp3) is 0.120. The number of methoxy groups -OCH3 is 1. The minimum atomic E-state index is -4.22. The van der Waals surface area contributed by atoms with Gasteiger partial charge in [0.2, 0.25) is 9.84 Å². The average molecular weight is 464 g/mol. The molecule has 1 atom stereocenters. The molecule has 0 aliphatic carbocycles. The van der Waals surface area contributed by atoms with E-state index in [9.17, 15) is 23.1 Å². The second kappa shape index (κ2) is 8.55. The van der Waals surface area contributed by atoms with E-state index in [1.165, 1.54) is 36.3 Å². The van der Waals surface area contributed by atoms with E-state index < -0.39 is 38.4 Å². The summed E-state index contributed by atoms with van der Waals surface area (Å²) in [5, 5.41) is 10.8. The first-order valence-electron chi connectivity index (χ1n) is 10.1. The molecule has 3 aromatic carbocycles. The maximum atomic E-state index is 13.6. The van der Waals surface area contributed by atoms with Gasteiger partial charge in [-0.15, -0.1) is 0 Å². The van der Waals surface area contributed by atoms with E-state index in [4.69, 9.17) is 4.74 Å². The number of esters is 1. The summed E-state index contributed by atoms with van der Waals surface area (Å²) in [5.41, 5.74) is 2.07. The monoisotopic (exact) mass is 463 g/mol. The Morgan fingerprint density at radius 2 is 1.55 bits per heavy atom. The molecule has 1 aliphatic heterocycles. The number of sulfone groups is 1. The number of carbonyl (C=O) groups is 2. The molecule has 0 saturated carbocycles. The Labute approximate surface area is 191 Å². The normalized spacial score (nSPS) is 16.2. The van der Waals surface area contributed by atoms with Crippen molar-refractivity contribution in [1.29, 1.82) is 0 Å². The summed E-state index contributed by atoms with van der Waals surface area (Å²) in [6, 6.07) is 19.5. The second-order valence-electron chi connectivity index (χ2n) is 7.56. The van der Waals surface area contributed by atoms with Gasteiger partial charge in [-0.3, -0.25) is 9.69 Å². The van der Waals surface area contributed by atoms with Crippen LogP contribution in [0.3, 0.4) is 0 Å². The zero-order valence-corrected chi connectivity index (χ0v) is 18.7. The number of amides is 1. The average Bonchev–Trinajstić information content (AvgIpc) is 3.11. The molecule has 0 aromatic heterocycles. The topological polar surface area (TPSA) is 101 Å². The molecule has 0 saturated heterocycles. The Kier molecular flexibility index (Phi) is 5.78. The van der Waals surface area contributed by atoms with E-state index in [-0.39, 0.29) is 10.5 Å². The fourth-order valence-corrected chi connectivity index (χ4v) is 5.42. The number of aliphatic hydroxyl groups excluding tert-OH is 1. The van der Waals surface area contributed by atoms with Gasteiger partial charge >= 0.3 is 5.97 Å². The lowest BCUT2D eigenvalue weighted by Gasteiger charge is -2.27. The largest absolute Gasteiger partial charge is 0.502 e. The summed E-state index contributed by atoms with van der Waals surface area (Å²) in [6.45, 7) is 1.89. The molecule has 168 valence electrons. The Morgan fingerprint density at radius 1 is 0.939 bits per heavy atom. The molecular formula is C25H21NO6S. The summed E-state index contributed by atoms with van der Waals surface area (Å²) in [7, 11) is -2.96.